The molecule has 0 atom stereocenters. The van der Waals surface area contributed by atoms with Crippen LogP contribution in [0.25, 0.3) is 0 Å². The maximum atomic E-state index is 5.54. The minimum absolute atomic E-state index is 0.619. The zero-order chi connectivity index (χ0) is 17.9. The second kappa shape index (κ2) is 10.7. The molecule has 0 aliphatic rings. The third-order valence-corrected chi connectivity index (χ3v) is 4.76. The second-order valence-corrected chi connectivity index (χ2v) is 6.73. The van der Waals surface area contributed by atoms with Gasteiger partial charge >= 0.3 is 0 Å². The molecule has 2 aromatic rings. The Bertz CT molecular complexity index is 669. The second-order valence-electron chi connectivity index (χ2n) is 5.53. The van der Waals surface area contributed by atoms with Crippen LogP contribution in [0, 0.1) is 0 Å². The van der Waals surface area contributed by atoms with Crippen LogP contribution in [0.2, 0.25) is 0 Å². The lowest BCUT2D eigenvalue weighted by molar-refractivity contribution is 0.340. The number of aryl methyl sites for hydroxylation is 1. The molecule has 2 rings (SSSR count). The lowest BCUT2D eigenvalue weighted by Crippen LogP contribution is -2.38. The van der Waals surface area contributed by atoms with Crippen molar-refractivity contribution in [2.75, 3.05) is 19.7 Å². The van der Waals surface area contributed by atoms with E-state index in [4.69, 9.17) is 4.74 Å². The summed E-state index contributed by atoms with van der Waals surface area (Å²) in [6.45, 7) is 9.17. The molecule has 25 heavy (non-hydrogen) atoms. The van der Waals surface area contributed by atoms with Crippen molar-refractivity contribution in [1.29, 1.82) is 0 Å². The van der Waals surface area contributed by atoms with Crippen LogP contribution >= 0.6 is 11.3 Å². The van der Waals surface area contributed by atoms with Gasteiger partial charge in [-0.3, -0.25) is 0 Å². The number of rotatable bonds is 9. The van der Waals surface area contributed by atoms with Gasteiger partial charge in [-0.2, -0.15) is 0 Å². The van der Waals surface area contributed by atoms with E-state index in [-0.39, 0.29) is 0 Å². The minimum Gasteiger partial charge on any atom is -0.494 e. The van der Waals surface area contributed by atoms with Gasteiger partial charge in [-0.15, -0.1) is 11.3 Å². The molecule has 0 aliphatic carbocycles. The van der Waals surface area contributed by atoms with Gasteiger partial charge in [0.05, 0.1) is 18.2 Å². The molecule has 1 aromatic carbocycles. The smallest absolute Gasteiger partial charge is 0.191 e. The average Bonchev–Trinajstić information content (AvgIpc) is 3.08. The van der Waals surface area contributed by atoms with Gasteiger partial charge in [-0.1, -0.05) is 19.1 Å². The number of ether oxygens (including phenoxy) is 1. The molecular formula is C19H28N4OS. The van der Waals surface area contributed by atoms with E-state index in [1.165, 1.54) is 9.88 Å². The van der Waals surface area contributed by atoms with E-state index in [1.54, 1.807) is 11.3 Å². The largest absolute Gasteiger partial charge is 0.494 e. The number of aromatic nitrogens is 1. The fourth-order valence-electron chi connectivity index (χ4n) is 2.33. The van der Waals surface area contributed by atoms with Gasteiger partial charge in [-0.25, -0.2) is 9.98 Å². The number of aliphatic imine (C=N–C) groups is 1. The van der Waals surface area contributed by atoms with Gasteiger partial charge in [0.15, 0.2) is 5.96 Å². The van der Waals surface area contributed by atoms with Crippen molar-refractivity contribution in [2.24, 2.45) is 4.99 Å². The average molecular weight is 361 g/mol. The lowest BCUT2D eigenvalue weighted by atomic mass is 10.2. The first-order valence-corrected chi connectivity index (χ1v) is 9.74. The van der Waals surface area contributed by atoms with Crippen molar-refractivity contribution < 1.29 is 4.74 Å². The van der Waals surface area contributed by atoms with E-state index >= 15 is 0 Å². The Morgan fingerprint density at radius 1 is 1.24 bits per heavy atom. The lowest BCUT2D eigenvalue weighted by Gasteiger charge is -2.11. The van der Waals surface area contributed by atoms with Gasteiger partial charge in [-0.05, 0) is 38.0 Å². The minimum atomic E-state index is 0.619. The highest BCUT2D eigenvalue weighted by Gasteiger charge is 2.02. The van der Waals surface area contributed by atoms with E-state index < -0.39 is 0 Å². The Hall–Kier alpha value is -2.08. The zero-order valence-corrected chi connectivity index (χ0v) is 16.2. The summed E-state index contributed by atoms with van der Waals surface area (Å²) in [6, 6.07) is 8.08. The monoisotopic (exact) mass is 360 g/mol. The topological polar surface area (TPSA) is 58.5 Å². The SMILES string of the molecule is CCNC(=NCc1cccc(OCC)c1)NCCc1ncc(CC)s1. The summed E-state index contributed by atoms with van der Waals surface area (Å²) in [6.07, 6.45) is 3.94. The summed E-state index contributed by atoms with van der Waals surface area (Å²) in [5, 5.41) is 7.84. The van der Waals surface area contributed by atoms with E-state index in [0.717, 1.165) is 43.2 Å². The number of nitrogens with one attached hydrogen (secondary N) is 2. The fraction of sp³-hybridized carbons (Fsp3) is 0.474. The normalized spacial score (nSPS) is 11.4. The molecule has 0 radical (unpaired) electrons. The quantitative estimate of drug-likeness (QED) is 0.531. The van der Waals surface area contributed by atoms with Crippen LogP contribution in [-0.4, -0.2) is 30.6 Å². The van der Waals surface area contributed by atoms with E-state index in [0.29, 0.717) is 13.2 Å². The van der Waals surface area contributed by atoms with Crippen LogP contribution in [0.4, 0.5) is 0 Å². The molecule has 0 fully saturated rings. The van der Waals surface area contributed by atoms with Crippen LogP contribution in [0.5, 0.6) is 5.75 Å². The van der Waals surface area contributed by atoms with Gasteiger partial charge in [0.1, 0.15) is 5.75 Å². The molecule has 0 amide bonds. The van der Waals surface area contributed by atoms with Crippen LogP contribution in [0.15, 0.2) is 35.5 Å². The zero-order valence-electron chi connectivity index (χ0n) is 15.3. The van der Waals surface area contributed by atoms with E-state index in [9.17, 15) is 0 Å². The van der Waals surface area contributed by atoms with Gasteiger partial charge < -0.3 is 15.4 Å². The van der Waals surface area contributed by atoms with Crippen molar-refractivity contribution >= 4 is 17.3 Å². The highest BCUT2D eigenvalue weighted by molar-refractivity contribution is 7.11. The van der Waals surface area contributed by atoms with Gasteiger partial charge in [0.25, 0.3) is 0 Å². The molecular weight excluding hydrogens is 332 g/mol. The predicted octanol–water partition coefficient (Wildman–Crippen LogP) is 3.40. The van der Waals surface area contributed by atoms with Crippen molar-refractivity contribution in [3.05, 3.63) is 45.9 Å². The van der Waals surface area contributed by atoms with Crippen molar-refractivity contribution in [2.45, 2.75) is 40.2 Å². The number of hydrogen-bond donors (Lipinski definition) is 2. The summed E-state index contributed by atoms with van der Waals surface area (Å²) in [7, 11) is 0. The molecule has 1 aromatic heterocycles. The summed E-state index contributed by atoms with van der Waals surface area (Å²) >= 11 is 1.79. The first-order valence-electron chi connectivity index (χ1n) is 8.92. The molecule has 0 spiro atoms. The number of hydrogen-bond acceptors (Lipinski definition) is 4. The van der Waals surface area contributed by atoms with Crippen LogP contribution in [0.3, 0.4) is 0 Å². The number of guanidine groups is 1. The molecule has 2 N–H and O–H groups in total. The Morgan fingerprint density at radius 3 is 2.84 bits per heavy atom. The van der Waals surface area contributed by atoms with Crippen LogP contribution < -0.4 is 15.4 Å². The number of benzene rings is 1. The maximum Gasteiger partial charge on any atom is 0.191 e. The van der Waals surface area contributed by atoms with Crippen LogP contribution in [0.1, 0.15) is 36.2 Å². The van der Waals surface area contributed by atoms with Gasteiger partial charge in [0.2, 0.25) is 0 Å². The molecule has 1 heterocycles. The fourth-order valence-corrected chi connectivity index (χ4v) is 3.19. The van der Waals surface area contributed by atoms with E-state index in [1.807, 2.05) is 31.3 Å². The first-order chi connectivity index (χ1) is 12.2. The Kier molecular flexibility index (Phi) is 8.25. The third-order valence-electron chi connectivity index (χ3n) is 3.55. The standard InChI is InChI=1S/C19H28N4OS/c1-4-17-14-22-18(25-17)10-11-21-19(20-5-2)23-13-15-8-7-9-16(12-15)24-6-3/h7-9,12,14H,4-6,10-11,13H2,1-3H3,(H2,20,21,23). The Labute approximate surface area is 154 Å². The van der Waals surface area contributed by atoms with Crippen molar-refractivity contribution in [3.8, 4) is 5.75 Å². The summed E-state index contributed by atoms with van der Waals surface area (Å²) in [5.41, 5.74) is 1.13. The Morgan fingerprint density at radius 2 is 2.12 bits per heavy atom. The molecule has 0 unspecified atom stereocenters. The van der Waals surface area contributed by atoms with Crippen molar-refractivity contribution in [3.63, 3.8) is 0 Å². The molecule has 0 saturated carbocycles. The number of thiazole rings is 1. The molecule has 0 saturated heterocycles. The summed E-state index contributed by atoms with van der Waals surface area (Å²) in [4.78, 5) is 10.5. The maximum absolute atomic E-state index is 5.54. The molecule has 0 aliphatic heterocycles. The highest BCUT2D eigenvalue weighted by atomic mass is 32.1. The first kappa shape index (κ1) is 19.2. The van der Waals surface area contributed by atoms with Crippen molar-refractivity contribution in [1.82, 2.24) is 15.6 Å². The third kappa shape index (κ3) is 6.74. The summed E-state index contributed by atoms with van der Waals surface area (Å²) < 4.78 is 5.54. The Balaban J connectivity index is 1.87. The molecule has 5 nitrogen and oxygen atoms in total. The summed E-state index contributed by atoms with van der Waals surface area (Å²) in [5.74, 6) is 1.72. The van der Waals surface area contributed by atoms with Gasteiger partial charge in [0, 0.05) is 30.6 Å². The van der Waals surface area contributed by atoms with E-state index in [2.05, 4.69) is 40.5 Å². The predicted molar refractivity (Wildman–Crippen MR) is 106 cm³/mol. The molecule has 0 bridgehead atoms. The molecule has 136 valence electrons. The highest BCUT2D eigenvalue weighted by Crippen LogP contribution is 2.14. The molecule has 6 heteroatoms. The van der Waals surface area contributed by atoms with Crippen LogP contribution in [-0.2, 0) is 19.4 Å². The number of nitrogens with zero attached hydrogens (tertiary/aromatic N) is 2.